The van der Waals surface area contributed by atoms with E-state index in [2.05, 4.69) is 12.3 Å². The van der Waals surface area contributed by atoms with Crippen LogP contribution in [0.2, 0.25) is 0 Å². The minimum Gasteiger partial charge on any atom is -0.380 e. The summed E-state index contributed by atoms with van der Waals surface area (Å²) >= 11 is 0. The molecule has 0 heterocycles. The first-order valence-electron chi connectivity index (χ1n) is 6.85. The third kappa shape index (κ3) is 4.40. The van der Waals surface area contributed by atoms with Crippen LogP contribution in [0.1, 0.15) is 52.4 Å². The average molecular weight is 228 g/mol. The maximum atomic E-state index is 5.61. The SMILES string of the molecule is CCCC1CCC(C(COCC)NN)CC1. The molecule has 96 valence electrons. The summed E-state index contributed by atoms with van der Waals surface area (Å²) in [7, 11) is 0. The quantitative estimate of drug-likeness (QED) is 0.520. The molecule has 0 aliphatic heterocycles. The number of hydrogen-bond acceptors (Lipinski definition) is 3. The van der Waals surface area contributed by atoms with Crippen LogP contribution in [0.5, 0.6) is 0 Å². The predicted molar refractivity (Wildman–Crippen MR) is 68.0 cm³/mol. The van der Waals surface area contributed by atoms with Gasteiger partial charge >= 0.3 is 0 Å². The molecule has 3 nitrogen and oxygen atoms in total. The van der Waals surface area contributed by atoms with Gasteiger partial charge in [-0.3, -0.25) is 11.3 Å². The van der Waals surface area contributed by atoms with E-state index < -0.39 is 0 Å². The molecule has 1 unspecified atom stereocenters. The third-order valence-corrected chi connectivity index (χ3v) is 3.87. The highest BCUT2D eigenvalue weighted by Gasteiger charge is 2.26. The van der Waals surface area contributed by atoms with Gasteiger partial charge in [0, 0.05) is 12.6 Å². The van der Waals surface area contributed by atoms with Crippen LogP contribution in [0.15, 0.2) is 0 Å². The molecule has 0 bridgehead atoms. The van der Waals surface area contributed by atoms with Gasteiger partial charge in [-0.2, -0.15) is 0 Å². The molecule has 1 aliphatic rings. The molecule has 3 heteroatoms. The molecule has 3 N–H and O–H groups in total. The van der Waals surface area contributed by atoms with Crippen LogP contribution in [-0.4, -0.2) is 19.3 Å². The highest BCUT2D eigenvalue weighted by molar-refractivity contribution is 4.80. The van der Waals surface area contributed by atoms with Gasteiger partial charge in [-0.15, -0.1) is 0 Å². The molecule has 0 aromatic rings. The molecule has 0 saturated heterocycles. The first-order chi connectivity index (χ1) is 7.81. The van der Waals surface area contributed by atoms with Crippen LogP contribution in [0.4, 0.5) is 0 Å². The van der Waals surface area contributed by atoms with Crippen molar-refractivity contribution >= 4 is 0 Å². The van der Waals surface area contributed by atoms with Crippen molar-refractivity contribution in [1.29, 1.82) is 0 Å². The Morgan fingerprint density at radius 3 is 2.44 bits per heavy atom. The summed E-state index contributed by atoms with van der Waals surface area (Å²) in [6, 6.07) is 0.350. The molecular formula is C13H28N2O. The van der Waals surface area contributed by atoms with Crippen LogP contribution < -0.4 is 11.3 Å². The van der Waals surface area contributed by atoms with Crippen molar-refractivity contribution in [3.63, 3.8) is 0 Å². The second kappa shape index (κ2) is 8.04. The number of hydrazine groups is 1. The zero-order valence-corrected chi connectivity index (χ0v) is 10.9. The van der Waals surface area contributed by atoms with Gasteiger partial charge in [0.1, 0.15) is 0 Å². The molecule has 1 fully saturated rings. The van der Waals surface area contributed by atoms with Crippen molar-refractivity contribution in [2.45, 2.75) is 58.4 Å². The Balaban J connectivity index is 2.27. The fourth-order valence-corrected chi connectivity index (χ4v) is 2.85. The molecule has 1 atom stereocenters. The lowest BCUT2D eigenvalue weighted by atomic mass is 9.77. The second-order valence-electron chi connectivity index (χ2n) is 5.00. The lowest BCUT2D eigenvalue weighted by Gasteiger charge is -2.33. The zero-order valence-electron chi connectivity index (χ0n) is 10.9. The topological polar surface area (TPSA) is 47.3 Å². The van der Waals surface area contributed by atoms with Crippen LogP contribution in [0.3, 0.4) is 0 Å². The fourth-order valence-electron chi connectivity index (χ4n) is 2.85. The van der Waals surface area contributed by atoms with E-state index in [0.717, 1.165) is 19.1 Å². The summed E-state index contributed by atoms with van der Waals surface area (Å²) in [6.07, 6.45) is 8.11. The maximum Gasteiger partial charge on any atom is 0.0635 e. The van der Waals surface area contributed by atoms with E-state index in [1.54, 1.807) is 0 Å². The number of nitrogens with two attached hydrogens (primary N) is 1. The Morgan fingerprint density at radius 1 is 1.25 bits per heavy atom. The van der Waals surface area contributed by atoms with E-state index in [1.807, 2.05) is 6.92 Å². The van der Waals surface area contributed by atoms with Crippen LogP contribution >= 0.6 is 0 Å². The smallest absolute Gasteiger partial charge is 0.0635 e. The molecular weight excluding hydrogens is 200 g/mol. The number of hydrogen-bond donors (Lipinski definition) is 2. The number of ether oxygens (including phenoxy) is 1. The van der Waals surface area contributed by atoms with E-state index in [1.165, 1.54) is 38.5 Å². The predicted octanol–water partition coefficient (Wildman–Crippen LogP) is 2.46. The fraction of sp³-hybridized carbons (Fsp3) is 1.00. The Kier molecular flexibility index (Phi) is 7.01. The number of rotatable bonds is 7. The highest BCUT2D eigenvalue weighted by atomic mass is 16.5. The van der Waals surface area contributed by atoms with Crippen molar-refractivity contribution in [3.8, 4) is 0 Å². The molecule has 1 saturated carbocycles. The van der Waals surface area contributed by atoms with Gasteiger partial charge in [-0.05, 0) is 31.6 Å². The van der Waals surface area contributed by atoms with Crippen molar-refractivity contribution in [3.05, 3.63) is 0 Å². The molecule has 0 radical (unpaired) electrons. The van der Waals surface area contributed by atoms with Gasteiger partial charge in [0.2, 0.25) is 0 Å². The van der Waals surface area contributed by atoms with Gasteiger partial charge in [-0.1, -0.05) is 32.6 Å². The van der Waals surface area contributed by atoms with Crippen molar-refractivity contribution in [2.24, 2.45) is 17.7 Å². The minimum atomic E-state index is 0.350. The molecule has 0 amide bonds. The normalized spacial score (nSPS) is 27.9. The summed E-state index contributed by atoms with van der Waals surface area (Å²) in [5.41, 5.74) is 2.93. The summed E-state index contributed by atoms with van der Waals surface area (Å²) in [6.45, 7) is 5.86. The van der Waals surface area contributed by atoms with Crippen LogP contribution in [0, 0.1) is 11.8 Å². The van der Waals surface area contributed by atoms with Gasteiger partial charge in [0.05, 0.1) is 6.61 Å². The Hall–Kier alpha value is -0.120. The monoisotopic (exact) mass is 228 g/mol. The molecule has 1 rings (SSSR count). The first-order valence-corrected chi connectivity index (χ1v) is 6.85. The first kappa shape index (κ1) is 13.9. The average Bonchev–Trinajstić information content (AvgIpc) is 2.32. The van der Waals surface area contributed by atoms with Crippen molar-refractivity contribution in [1.82, 2.24) is 5.43 Å². The van der Waals surface area contributed by atoms with Crippen LogP contribution in [0.25, 0.3) is 0 Å². The van der Waals surface area contributed by atoms with Crippen molar-refractivity contribution < 1.29 is 4.74 Å². The standard InChI is InChI=1S/C13H28N2O/c1-3-5-11-6-8-12(9-7-11)13(15-14)10-16-4-2/h11-13,15H,3-10,14H2,1-2H3. The van der Waals surface area contributed by atoms with E-state index in [9.17, 15) is 0 Å². The molecule has 1 aliphatic carbocycles. The lowest BCUT2D eigenvalue weighted by Crippen LogP contribution is -2.45. The Morgan fingerprint density at radius 2 is 1.94 bits per heavy atom. The van der Waals surface area contributed by atoms with Gasteiger partial charge < -0.3 is 4.74 Å². The van der Waals surface area contributed by atoms with Crippen LogP contribution in [-0.2, 0) is 4.74 Å². The second-order valence-corrected chi connectivity index (χ2v) is 5.00. The molecule has 0 spiro atoms. The minimum absolute atomic E-state index is 0.350. The van der Waals surface area contributed by atoms with E-state index in [0.29, 0.717) is 12.0 Å². The largest absolute Gasteiger partial charge is 0.380 e. The summed E-state index contributed by atoms with van der Waals surface area (Å²) < 4.78 is 5.47. The lowest BCUT2D eigenvalue weighted by molar-refractivity contribution is 0.0869. The van der Waals surface area contributed by atoms with Gasteiger partial charge in [0.25, 0.3) is 0 Å². The Bertz CT molecular complexity index is 167. The molecule has 16 heavy (non-hydrogen) atoms. The molecule has 0 aromatic carbocycles. The Labute approximate surface area is 100 Å². The van der Waals surface area contributed by atoms with E-state index >= 15 is 0 Å². The summed E-state index contributed by atoms with van der Waals surface area (Å²) in [4.78, 5) is 0. The third-order valence-electron chi connectivity index (χ3n) is 3.87. The summed E-state index contributed by atoms with van der Waals surface area (Å²) in [5, 5.41) is 0. The van der Waals surface area contributed by atoms with Crippen molar-refractivity contribution in [2.75, 3.05) is 13.2 Å². The number of nitrogens with one attached hydrogen (secondary N) is 1. The highest BCUT2D eigenvalue weighted by Crippen LogP contribution is 2.33. The van der Waals surface area contributed by atoms with Gasteiger partial charge in [0.15, 0.2) is 0 Å². The van der Waals surface area contributed by atoms with Gasteiger partial charge in [-0.25, -0.2) is 0 Å². The zero-order chi connectivity index (χ0) is 11.8. The van der Waals surface area contributed by atoms with E-state index in [-0.39, 0.29) is 0 Å². The molecule has 0 aromatic heterocycles. The van der Waals surface area contributed by atoms with E-state index in [4.69, 9.17) is 10.6 Å². The summed E-state index contributed by atoms with van der Waals surface area (Å²) in [5.74, 6) is 7.28. The maximum absolute atomic E-state index is 5.61.